The van der Waals surface area contributed by atoms with E-state index >= 15 is 0 Å². The van der Waals surface area contributed by atoms with Crippen LogP contribution >= 0.6 is 0 Å². The number of para-hydroxylation sites is 1. The first-order valence-electron chi connectivity index (χ1n) is 9.24. The third-order valence-corrected chi connectivity index (χ3v) is 4.68. The summed E-state index contributed by atoms with van der Waals surface area (Å²) in [6.45, 7) is -0.00304. The van der Waals surface area contributed by atoms with Crippen LogP contribution in [-0.2, 0) is 9.53 Å². The maximum atomic E-state index is 12.9. The first kappa shape index (κ1) is 18.1. The molecule has 0 bridgehead atoms. The van der Waals surface area contributed by atoms with Crippen LogP contribution in [0.5, 0.6) is 0 Å². The van der Waals surface area contributed by atoms with Gasteiger partial charge in [0, 0.05) is 35.5 Å². The standard InChI is InChI=1S/C22H21N3O3/c1-28-13-21(26)23-15-8-10-16(11-9-15)24-22(27)18-12-20(14-6-7-14)25-19-5-3-2-4-17(18)19/h2-5,8-12,14H,6-7,13H2,1H3,(H,23,26)(H,24,27). The minimum atomic E-state index is -0.227. The van der Waals surface area contributed by atoms with E-state index in [0.717, 1.165) is 29.4 Å². The van der Waals surface area contributed by atoms with E-state index in [1.165, 1.54) is 7.11 Å². The Kier molecular flexibility index (Phi) is 5.04. The Bertz CT molecular complexity index is 1030. The third-order valence-electron chi connectivity index (χ3n) is 4.68. The van der Waals surface area contributed by atoms with Gasteiger partial charge in [-0.05, 0) is 49.2 Å². The summed E-state index contributed by atoms with van der Waals surface area (Å²) in [6.07, 6.45) is 2.26. The van der Waals surface area contributed by atoms with Crippen molar-refractivity contribution in [2.75, 3.05) is 24.4 Å². The zero-order chi connectivity index (χ0) is 19.5. The molecule has 28 heavy (non-hydrogen) atoms. The van der Waals surface area contributed by atoms with Gasteiger partial charge in [0.05, 0.1) is 11.1 Å². The van der Waals surface area contributed by atoms with Gasteiger partial charge in [-0.3, -0.25) is 14.6 Å². The van der Waals surface area contributed by atoms with Crippen molar-refractivity contribution < 1.29 is 14.3 Å². The molecule has 3 aromatic rings. The van der Waals surface area contributed by atoms with Gasteiger partial charge in [0.1, 0.15) is 6.61 Å². The zero-order valence-corrected chi connectivity index (χ0v) is 15.6. The molecule has 0 aliphatic heterocycles. The maximum Gasteiger partial charge on any atom is 0.256 e. The molecule has 4 rings (SSSR count). The molecule has 1 aliphatic rings. The first-order valence-corrected chi connectivity index (χ1v) is 9.24. The van der Waals surface area contributed by atoms with Crippen LogP contribution in [0.2, 0.25) is 0 Å². The lowest BCUT2D eigenvalue weighted by molar-refractivity contribution is -0.119. The number of carbonyl (C=O) groups is 2. The van der Waals surface area contributed by atoms with Crippen LogP contribution in [0, 0.1) is 0 Å². The van der Waals surface area contributed by atoms with Crippen LogP contribution in [-0.4, -0.2) is 30.5 Å². The van der Waals surface area contributed by atoms with Gasteiger partial charge >= 0.3 is 0 Å². The molecular formula is C22H21N3O3. The predicted octanol–water partition coefficient (Wildman–Crippen LogP) is 3.95. The molecular weight excluding hydrogens is 354 g/mol. The summed E-state index contributed by atoms with van der Waals surface area (Å²) in [5.74, 6) is 0.0676. The second-order valence-corrected chi connectivity index (χ2v) is 6.90. The molecule has 6 heteroatoms. The number of fused-ring (bicyclic) bond motifs is 1. The lowest BCUT2D eigenvalue weighted by Gasteiger charge is -2.11. The monoisotopic (exact) mass is 375 g/mol. The van der Waals surface area contributed by atoms with E-state index in [1.54, 1.807) is 24.3 Å². The quantitative estimate of drug-likeness (QED) is 0.684. The average Bonchev–Trinajstić information content (AvgIpc) is 3.54. The van der Waals surface area contributed by atoms with E-state index in [2.05, 4.69) is 10.6 Å². The van der Waals surface area contributed by atoms with Crippen molar-refractivity contribution in [1.82, 2.24) is 4.98 Å². The van der Waals surface area contributed by atoms with E-state index in [0.29, 0.717) is 22.9 Å². The average molecular weight is 375 g/mol. The van der Waals surface area contributed by atoms with E-state index < -0.39 is 0 Å². The fraction of sp³-hybridized carbons (Fsp3) is 0.227. The van der Waals surface area contributed by atoms with E-state index in [9.17, 15) is 9.59 Å². The Labute approximate surface area is 162 Å². The Morgan fingerprint density at radius 3 is 2.39 bits per heavy atom. The van der Waals surface area contributed by atoms with Crippen LogP contribution in [0.25, 0.3) is 10.9 Å². The Morgan fingerprint density at radius 1 is 1.04 bits per heavy atom. The highest BCUT2D eigenvalue weighted by Gasteiger charge is 2.27. The van der Waals surface area contributed by atoms with Gasteiger partial charge < -0.3 is 15.4 Å². The van der Waals surface area contributed by atoms with Gasteiger partial charge in [-0.25, -0.2) is 0 Å². The van der Waals surface area contributed by atoms with Crippen molar-refractivity contribution in [3.63, 3.8) is 0 Å². The Balaban J connectivity index is 1.54. The summed E-state index contributed by atoms with van der Waals surface area (Å²) in [5, 5.41) is 6.50. The van der Waals surface area contributed by atoms with Crippen molar-refractivity contribution in [1.29, 1.82) is 0 Å². The number of aromatic nitrogens is 1. The summed E-state index contributed by atoms with van der Waals surface area (Å²) < 4.78 is 4.79. The number of nitrogens with one attached hydrogen (secondary N) is 2. The van der Waals surface area contributed by atoms with Crippen LogP contribution in [0.4, 0.5) is 11.4 Å². The van der Waals surface area contributed by atoms with E-state index in [-0.39, 0.29) is 18.4 Å². The fourth-order valence-corrected chi connectivity index (χ4v) is 3.14. The highest BCUT2D eigenvalue weighted by atomic mass is 16.5. The molecule has 0 unspecified atom stereocenters. The molecule has 142 valence electrons. The van der Waals surface area contributed by atoms with Gasteiger partial charge in [-0.1, -0.05) is 18.2 Å². The summed E-state index contributed by atoms with van der Waals surface area (Å²) in [4.78, 5) is 29.2. The lowest BCUT2D eigenvalue weighted by Crippen LogP contribution is -2.17. The molecule has 1 aliphatic carbocycles. The largest absolute Gasteiger partial charge is 0.375 e. The molecule has 6 nitrogen and oxygen atoms in total. The molecule has 1 heterocycles. The number of benzene rings is 2. The molecule has 2 amide bonds. The number of anilines is 2. The first-order chi connectivity index (χ1) is 13.6. The number of nitrogens with zero attached hydrogens (tertiary/aromatic N) is 1. The van der Waals surface area contributed by atoms with Gasteiger partial charge in [0.2, 0.25) is 5.91 Å². The molecule has 2 aromatic carbocycles. The number of ether oxygens (including phenoxy) is 1. The second kappa shape index (κ2) is 7.78. The minimum absolute atomic E-state index is 0.00304. The number of rotatable bonds is 6. The highest BCUT2D eigenvalue weighted by Crippen LogP contribution is 2.40. The van der Waals surface area contributed by atoms with Crippen molar-refractivity contribution in [3.05, 3.63) is 65.9 Å². The summed E-state index contributed by atoms with van der Waals surface area (Å²) in [6, 6.07) is 16.6. The molecule has 0 spiro atoms. The number of carbonyl (C=O) groups excluding carboxylic acids is 2. The molecule has 2 N–H and O–H groups in total. The Morgan fingerprint density at radius 2 is 1.71 bits per heavy atom. The normalized spacial score (nSPS) is 13.3. The third kappa shape index (κ3) is 4.02. The van der Waals surface area contributed by atoms with Crippen LogP contribution in [0.15, 0.2) is 54.6 Å². The number of hydrogen-bond donors (Lipinski definition) is 2. The summed E-state index contributed by atoms with van der Waals surface area (Å²) in [7, 11) is 1.47. The Hall–Kier alpha value is -3.25. The molecule has 0 radical (unpaired) electrons. The van der Waals surface area contributed by atoms with E-state index in [4.69, 9.17) is 9.72 Å². The fourth-order valence-electron chi connectivity index (χ4n) is 3.14. The lowest BCUT2D eigenvalue weighted by atomic mass is 10.1. The summed E-state index contributed by atoms with van der Waals surface area (Å²) >= 11 is 0. The van der Waals surface area contributed by atoms with Gasteiger partial charge in [0.15, 0.2) is 0 Å². The maximum absolute atomic E-state index is 12.9. The van der Waals surface area contributed by atoms with Crippen molar-refractivity contribution in [3.8, 4) is 0 Å². The smallest absolute Gasteiger partial charge is 0.256 e. The second-order valence-electron chi connectivity index (χ2n) is 6.90. The topological polar surface area (TPSA) is 80.3 Å². The predicted molar refractivity (Wildman–Crippen MR) is 109 cm³/mol. The summed E-state index contributed by atoms with van der Waals surface area (Å²) in [5.41, 5.74) is 3.76. The number of amides is 2. The molecule has 0 atom stereocenters. The van der Waals surface area contributed by atoms with Gasteiger partial charge in [-0.2, -0.15) is 0 Å². The molecule has 1 aromatic heterocycles. The van der Waals surface area contributed by atoms with Crippen LogP contribution in [0.3, 0.4) is 0 Å². The van der Waals surface area contributed by atoms with Crippen molar-refractivity contribution in [2.24, 2.45) is 0 Å². The highest BCUT2D eigenvalue weighted by molar-refractivity contribution is 6.12. The molecule has 1 fully saturated rings. The van der Waals surface area contributed by atoms with Crippen molar-refractivity contribution in [2.45, 2.75) is 18.8 Å². The van der Waals surface area contributed by atoms with Gasteiger partial charge in [0.25, 0.3) is 5.91 Å². The molecule has 1 saturated carbocycles. The minimum Gasteiger partial charge on any atom is -0.375 e. The van der Waals surface area contributed by atoms with Crippen molar-refractivity contribution >= 4 is 34.1 Å². The van der Waals surface area contributed by atoms with Crippen LogP contribution in [0.1, 0.15) is 34.8 Å². The SMILES string of the molecule is COCC(=O)Nc1ccc(NC(=O)c2cc(C3CC3)nc3ccccc23)cc1. The number of pyridine rings is 1. The molecule has 0 saturated heterocycles. The number of hydrogen-bond acceptors (Lipinski definition) is 4. The number of methoxy groups -OCH3 is 1. The van der Waals surface area contributed by atoms with Gasteiger partial charge in [-0.15, -0.1) is 0 Å². The zero-order valence-electron chi connectivity index (χ0n) is 15.6. The van der Waals surface area contributed by atoms with E-state index in [1.807, 2.05) is 30.3 Å². The van der Waals surface area contributed by atoms with Crippen LogP contribution < -0.4 is 10.6 Å².